The van der Waals surface area contributed by atoms with E-state index in [0.717, 1.165) is 17.9 Å². The lowest BCUT2D eigenvalue weighted by Gasteiger charge is -2.05. The summed E-state index contributed by atoms with van der Waals surface area (Å²) in [6.45, 7) is 0.576. The Bertz CT molecular complexity index is 491. The van der Waals surface area contributed by atoms with Gasteiger partial charge in [-0.05, 0) is 24.3 Å². The molecule has 2 N–H and O–H groups in total. The van der Waals surface area contributed by atoms with Crippen LogP contribution in [-0.2, 0) is 6.42 Å². The second-order valence-corrected chi connectivity index (χ2v) is 3.81. The van der Waals surface area contributed by atoms with Crippen molar-refractivity contribution >= 4 is 5.91 Å². The average molecular weight is 245 g/mol. The van der Waals surface area contributed by atoms with Crippen molar-refractivity contribution in [1.29, 1.82) is 0 Å². The number of nitrogens with one attached hydrogen (secondary N) is 2. The monoisotopic (exact) mass is 245 g/mol. The molecule has 0 aliphatic rings. The number of amides is 1. The highest BCUT2D eigenvalue weighted by atomic mass is 16.5. The van der Waals surface area contributed by atoms with Crippen LogP contribution >= 0.6 is 0 Å². The summed E-state index contributed by atoms with van der Waals surface area (Å²) in [7, 11) is 1.60. The molecule has 2 rings (SSSR count). The first kappa shape index (κ1) is 12.2. The first-order valence-electron chi connectivity index (χ1n) is 5.69. The summed E-state index contributed by atoms with van der Waals surface area (Å²) >= 11 is 0. The number of aromatic nitrogens is 2. The van der Waals surface area contributed by atoms with Crippen molar-refractivity contribution in [2.24, 2.45) is 0 Å². The molecule has 2 aromatic rings. The summed E-state index contributed by atoms with van der Waals surface area (Å²) in [4.78, 5) is 18.7. The SMILES string of the molecule is COc1ccc(C(=O)NCCc2cnc[nH]2)cc1. The Kier molecular flexibility index (Phi) is 3.96. The molecule has 1 heterocycles. The molecule has 5 nitrogen and oxygen atoms in total. The molecule has 1 amide bonds. The van der Waals surface area contributed by atoms with Crippen molar-refractivity contribution in [3.63, 3.8) is 0 Å². The maximum atomic E-state index is 11.8. The topological polar surface area (TPSA) is 67.0 Å². The second kappa shape index (κ2) is 5.86. The summed E-state index contributed by atoms with van der Waals surface area (Å²) in [5, 5.41) is 2.85. The lowest BCUT2D eigenvalue weighted by molar-refractivity contribution is 0.0954. The van der Waals surface area contributed by atoms with Crippen LogP contribution in [-0.4, -0.2) is 29.5 Å². The zero-order valence-electron chi connectivity index (χ0n) is 10.1. The number of carbonyl (C=O) groups is 1. The largest absolute Gasteiger partial charge is 0.497 e. The molecule has 18 heavy (non-hydrogen) atoms. The molecule has 0 atom stereocenters. The van der Waals surface area contributed by atoms with Crippen LogP contribution in [0.2, 0.25) is 0 Å². The minimum absolute atomic E-state index is 0.0860. The number of nitrogens with zero attached hydrogens (tertiary/aromatic N) is 1. The van der Waals surface area contributed by atoms with E-state index in [4.69, 9.17) is 4.74 Å². The maximum Gasteiger partial charge on any atom is 0.251 e. The van der Waals surface area contributed by atoms with Crippen LogP contribution in [0.1, 0.15) is 16.1 Å². The molecule has 0 fully saturated rings. The van der Waals surface area contributed by atoms with Gasteiger partial charge in [-0.3, -0.25) is 4.79 Å². The maximum absolute atomic E-state index is 11.8. The fraction of sp³-hybridized carbons (Fsp3) is 0.231. The molecule has 1 aromatic carbocycles. The standard InChI is InChI=1S/C13H15N3O2/c1-18-12-4-2-10(3-5-12)13(17)15-7-6-11-8-14-9-16-11/h2-5,8-9H,6-7H2,1H3,(H,14,16)(H,15,17). The third kappa shape index (κ3) is 3.10. The molecule has 94 valence electrons. The molecule has 0 aliphatic carbocycles. The molecule has 0 bridgehead atoms. The van der Waals surface area contributed by atoms with Crippen molar-refractivity contribution in [2.75, 3.05) is 13.7 Å². The van der Waals surface area contributed by atoms with Gasteiger partial charge in [0, 0.05) is 30.4 Å². The number of H-pyrrole nitrogens is 1. The van der Waals surface area contributed by atoms with Crippen molar-refractivity contribution < 1.29 is 9.53 Å². The van der Waals surface area contributed by atoms with Crippen LogP contribution in [0.15, 0.2) is 36.8 Å². The second-order valence-electron chi connectivity index (χ2n) is 3.81. The number of hydrogen-bond acceptors (Lipinski definition) is 3. The van der Waals surface area contributed by atoms with Gasteiger partial charge >= 0.3 is 0 Å². The molecule has 0 saturated carbocycles. The molecule has 5 heteroatoms. The van der Waals surface area contributed by atoms with Crippen molar-refractivity contribution in [1.82, 2.24) is 15.3 Å². The zero-order chi connectivity index (χ0) is 12.8. The highest BCUT2D eigenvalue weighted by Crippen LogP contribution is 2.10. The minimum Gasteiger partial charge on any atom is -0.497 e. The van der Waals surface area contributed by atoms with Gasteiger partial charge in [0.05, 0.1) is 13.4 Å². The third-order valence-electron chi connectivity index (χ3n) is 2.59. The normalized spacial score (nSPS) is 10.1. The van der Waals surface area contributed by atoms with Crippen molar-refractivity contribution in [3.8, 4) is 5.75 Å². The number of aromatic amines is 1. The van der Waals surface area contributed by atoms with Crippen molar-refractivity contribution in [3.05, 3.63) is 48.0 Å². The molecule has 0 saturated heterocycles. The van der Waals surface area contributed by atoms with E-state index in [1.807, 2.05) is 0 Å². The van der Waals surface area contributed by atoms with Gasteiger partial charge in [-0.2, -0.15) is 0 Å². The van der Waals surface area contributed by atoms with Gasteiger partial charge in [0.1, 0.15) is 5.75 Å². The van der Waals surface area contributed by atoms with E-state index in [1.54, 1.807) is 43.9 Å². The Hall–Kier alpha value is -2.30. The first-order chi connectivity index (χ1) is 8.79. The molecule has 0 aliphatic heterocycles. The Morgan fingerprint density at radius 2 is 2.17 bits per heavy atom. The van der Waals surface area contributed by atoms with Crippen LogP contribution in [0.4, 0.5) is 0 Å². The number of ether oxygens (including phenoxy) is 1. The number of hydrogen-bond donors (Lipinski definition) is 2. The van der Waals surface area contributed by atoms with Gasteiger partial charge < -0.3 is 15.0 Å². The van der Waals surface area contributed by atoms with Gasteiger partial charge in [-0.15, -0.1) is 0 Å². The number of carbonyl (C=O) groups excluding carboxylic acids is 1. The van der Waals surface area contributed by atoms with E-state index in [-0.39, 0.29) is 5.91 Å². The lowest BCUT2D eigenvalue weighted by Crippen LogP contribution is -2.25. The van der Waals surface area contributed by atoms with E-state index in [9.17, 15) is 4.79 Å². The van der Waals surface area contributed by atoms with E-state index < -0.39 is 0 Å². The Balaban J connectivity index is 1.83. The van der Waals surface area contributed by atoms with Crippen LogP contribution < -0.4 is 10.1 Å². The Labute approximate surface area is 105 Å². The van der Waals surface area contributed by atoms with E-state index in [1.165, 1.54) is 0 Å². The molecule has 1 aromatic heterocycles. The summed E-state index contributed by atoms with van der Waals surface area (Å²) in [6, 6.07) is 7.02. The first-order valence-corrected chi connectivity index (χ1v) is 5.69. The smallest absolute Gasteiger partial charge is 0.251 e. The average Bonchev–Trinajstić information content (AvgIpc) is 2.92. The fourth-order valence-electron chi connectivity index (χ4n) is 1.58. The van der Waals surface area contributed by atoms with Crippen LogP contribution in [0.25, 0.3) is 0 Å². The van der Waals surface area contributed by atoms with Gasteiger partial charge in [-0.25, -0.2) is 4.98 Å². The minimum atomic E-state index is -0.0860. The van der Waals surface area contributed by atoms with E-state index >= 15 is 0 Å². The summed E-state index contributed by atoms with van der Waals surface area (Å²) in [5.41, 5.74) is 1.63. The van der Waals surface area contributed by atoms with Crippen LogP contribution in [0.3, 0.4) is 0 Å². The summed E-state index contributed by atoms with van der Waals surface area (Å²) in [6.07, 6.45) is 4.11. The summed E-state index contributed by atoms with van der Waals surface area (Å²) in [5.74, 6) is 0.654. The Morgan fingerprint density at radius 3 is 2.78 bits per heavy atom. The third-order valence-corrected chi connectivity index (χ3v) is 2.59. The van der Waals surface area contributed by atoms with Crippen LogP contribution in [0, 0.1) is 0 Å². The molecule has 0 radical (unpaired) electrons. The number of methoxy groups -OCH3 is 1. The zero-order valence-corrected chi connectivity index (χ0v) is 10.1. The highest BCUT2D eigenvalue weighted by molar-refractivity contribution is 5.94. The molecule has 0 unspecified atom stereocenters. The highest BCUT2D eigenvalue weighted by Gasteiger charge is 2.04. The predicted octanol–water partition coefficient (Wildman–Crippen LogP) is 1.39. The fourth-order valence-corrected chi connectivity index (χ4v) is 1.58. The predicted molar refractivity (Wildman–Crippen MR) is 67.6 cm³/mol. The van der Waals surface area contributed by atoms with Crippen LogP contribution in [0.5, 0.6) is 5.75 Å². The van der Waals surface area contributed by atoms with E-state index in [0.29, 0.717) is 12.1 Å². The van der Waals surface area contributed by atoms with Gasteiger partial charge in [0.15, 0.2) is 0 Å². The quantitative estimate of drug-likeness (QED) is 0.836. The van der Waals surface area contributed by atoms with E-state index in [2.05, 4.69) is 15.3 Å². The Morgan fingerprint density at radius 1 is 1.39 bits per heavy atom. The molecule has 0 spiro atoms. The summed E-state index contributed by atoms with van der Waals surface area (Å²) < 4.78 is 5.04. The van der Waals surface area contributed by atoms with Gasteiger partial charge in [-0.1, -0.05) is 0 Å². The van der Waals surface area contributed by atoms with Gasteiger partial charge in [0.25, 0.3) is 5.91 Å². The molecular weight excluding hydrogens is 230 g/mol. The number of benzene rings is 1. The lowest BCUT2D eigenvalue weighted by atomic mass is 10.2. The number of imidazole rings is 1. The number of rotatable bonds is 5. The molecular formula is C13H15N3O2. The van der Waals surface area contributed by atoms with Crippen molar-refractivity contribution in [2.45, 2.75) is 6.42 Å². The van der Waals surface area contributed by atoms with Gasteiger partial charge in [0.2, 0.25) is 0 Å².